The standard InChI is InChI=1S/C31H37N5O6/c1-39-28-9-8-24(20-29(28)40-2)10-11-35(22-27-7-4-16-42-27)30(37)23-36(13-12-34-14-17-41-18-15-34)31(38)33-26-6-3-5-25(19-26)21-32/h3-9,16,19-20H,10-15,17-18,22-23H2,1-2H3,(H,33,38). The number of hydrogen-bond acceptors (Lipinski definition) is 8. The highest BCUT2D eigenvalue weighted by Crippen LogP contribution is 2.28. The lowest BCUT2D eigenvalue weighted by Crippen LogP contribution is -2.48. The van der Waals surface area contributed by atoms with Gasteiger partial charge in [-0.2, -0.15) is 5.26 Å². The highest BCUT2D eigenvalue weighted by atomic mass is 16.5. The van der Waals surface area contributed by atoms with Crippen LogP contribution in [0.15, 0.2) is 65.3 Å². The summed E-state index contributed by atoms with van der Waals surface area (Å²) in [6.07, 6.45) is 2.14. The summed E-state index contributed by atoms with van der Waals surface area (Å²) in [6.45, 7) is 4.30. The monoisotopic (exact) mass is 575 g/mol. The smallest absolute Gasteiger partial charge is 0.322 e. The van der Waals surface area contributed by atoms with Gasteiger partial charge < -0.3 is 33.7 Å². The number of amides is 3. The van der Waals surface area contributed by atoms with Crippen molar-refractivity contribution >= 4 is 17.6 Å². The van der Waals surface area contributed by atoms with Gasteiger partial charge in [0.1, 0.15) is 12.3 Å². The summed E-state index contributed by atoms with van der Waals surface area (Å²) in [5.74, 6) is 1.68. The van der Waals surface area contributed by atoms with Crippen molar-refractivity contribution in [1.29, 1.82) is 5.26 Å². The van der Waals surface area contributed by atoms with E-state index in [9.17, 15) is 14.9 Å². The number of carbonyl (C=O) groups excluding carboxylic acids is 2. The van der Waals surface area contributed by atoms with Gasteiger partial charge in [0.25, 0.3) is 0 Å². The average molecular weight is 576 g/mol. The number of methoxy groups -OCH3 is 2. The molecule has 0 radical (unpaired) electrons. The minimum Gasteiger partial charge on any atom is -0.493 e. The minimum atomic E-state index is -0.412. The van der Waals surface area contributed by atoms with E-state index in [2.05, 4.69) is 16.3 Å². The van der Waals surface area contributed by atoms with Crippen LogP contribution in [-0.4, -0.2) is 93.3 Å². The Labute approximate surface area is 246 Å². The second kappa shape index (κ2) is 15.5. The van der Waals surface area contributed by atoms with Crippen LogP contribution in [0.3, 0.4) is 0 Å². The first-order valence-electron chi connectivity index (χ1n) is 13.9. The van der Waals surface area contributed by atoms with Gasteiger partial charge in [0, 0.05) is 38.4 Å². The highest BCUT2D eigenvalue weighted by Gasteiger charge is 2.24. The lowest BCUT2D eigenvalue weighted by molar-refractivity contribution is -0.132. The molecule has 1 N–H and O–H groups in total. The van der Waals surface area contributed by atoms with Crippen molar-refractivity contribution < 1.29 is 28.2 Å². The third-order valence-electron chi connectivity index (χ3n) is 7.04. The molecule has 0 saturated carbocycles. The number of nitrogens with zero attached hydrogens (tertiary/aromatic N) is 4. The summed E-state index contributed by atoms with van der Waals surface area (Å²) in [7, 11) is 3.17. The summed E-state index contributed by atoms with van der Waals surface area (Å²) in [5.41, 5.74) is 1.90. The summed E-state index contributed by atoms with van der Waals surface area (Å²) < 4.78 is 21.8. The van der Waals surface area contributed by atoms with Gasteiger partial charge in [0.2, 0.25) is 5.91 Å². The number of nitriles is 1. The van der Waals surface area contributed by atoms with E-state index in [1.165, 1.54) is 4.90 Å². The van der Waals surface area contributed by atoms with Gasteiger partial charge in [-0.25, -0.2) is 4.79 Å². The molecule has 4 rings (SSSR count). The molecule has 1 aromatic heterocycles. The fraction of sp³-hybridized carbons (Fsp3) is 0.387. The number of carbonyl (C=O) groups is 2. The molecule has 1 aliphatic heterocycles. The normalized spacial score (nSPS) is 13.2. The number of furan rings is 1. The molecule has 0 spiro atoms. The largest absolute Gasteiger partial charge is 0.493 e. The van der Waals surface area contributed by atoms with E-state index in [0.717, 1.165) is 18.7 Å². The second-order valence-electron chi connectivity index (χ2n) is 9.83. The van der Waals surface area contributed by atoms with Crippen molar-refractivity contribution in [2.75, 3.05) is 72.0 Å². The van der Waals surface area contributed by atoms with E-state index in [1.807, 2.05) is 24.3 Å². The van der Waals surface area contributed by atoms with Crippen LogP contribution in [0.25, 0.3) is 0 Å². The Kier molecular flexibility index (Phi) is 11.2. The van der Waals surface area contributed by atoms with E-state index >= 15 is 0 Å². The van der Waals surface area contributed by atoms with Crippen LogP contribution in [-0.2, 0) is 22.5 Å². The molecule has 1 fully saturated rings. The molecule has 2 aromatic carbocycles. The molecule has 0 aliphatic carbocycles. The predicted molar refractivity (Wildman–Crippen MR) is 156 cm³/mol. The van der Waals surface area contributed by atoms with Crippen molar-refractivity contribution in [2.45, 2.75) is 13.0 Å². The molecule has 11 heteroatoms. The van der Waals surface area contributed by atoms with E-state index in [4.69, 9.17) is 18.6 Å². The Morgan fingerprint density at radius 2 is 1.81 bits per heavy atom. The molecule has 2 heterocycles. The zero-order chi connectivity index (χ0) is 29.7. The maximum absolute atomic E-state index is 13.8. The molecule has 1 aliphatic rings. The molecule has 11 nitrogen and oxygen atoms in total. The van der Waals surface area contributed by atoms with E-state index in [-0.39, 0.29) is 19.0 Å². The van der Waals surface area contributed by atoms with Crippen LogP contribution >= 0.6 is 0 Å². The van der Waals surface area contributed by atoms with Crippen LogP contribution in [0, 0.1) is 11.3 Å². The maximum Gasteiger partial charge on any atom is 0.322 e. The summed E-state index contributed by atoms with van der Waals surface area (Å²) >= 11 is 0. The predicted octanol–water partition coefficient (Wildman–Crippen LogP) is 3.61. The Balaban J connectivity index is 1.49. The Morgan fingerprint density at radius 3 is 2.52 bits per heavy atom. The van der Waals surface area contributed by atoms with Crippen molar-refractivity contribution in [3.63, 3.8) is 0 Å². The molecule has 3 aromatic rings. The van der Waals surface area contributed by atoms with Gasteiger partial charge in [-0.15, -0.1) is 0 Å². The van der Waals surface area contributed by atoms with Crippen LogP contribution < -0.4 is 14.8 Å². The van der Waals surface area contributed by atoms with Crippen LogP contribution in [0.1, 0.15) is 16.9 Å². The number of anilines is 1. The van der Waals surface area contributed by atoms with Crippen LogP contribution in [0.5, 0.6) is 11.5 Å². The maximum atomic E-state index is 13.8. The van der Waals surface area contributed by atoms with E-state index in [1.54, 1.807) is 55.7 Å². The first-order chi connectivity index (χ1) is 20.5. The molecule has 1 saturated heterocycles. The number of urea groups is 1. The number of ether oxygens (including phenoxy) is 3. The van der Waals surface area contributed by atoms with Gasteiger partial charge in [0.15, 0.2) is 11.5 Å². The third kappa shape index (κ3) is 8.73. The lowest BCUT2D eigenvalue weighted by Gasteiger charge is -2.31. The average Bonchev–Trinajstić information content (AvgIpc) is 3.54. The number of benzene rings is 2. The Bertz CT molecular complexity index is 1350. The number of hydrogen-bond donors (Lipinski definition) is 1. The quantitative estimate of drug-likeness (QED) is 0.328. The first kappa shape index (κ1) is 30.4. The van der Waals surface area contributed by atoms with E-state index < -0.39 is 6.03 Å². The van der Waals surface area contributed by atoms with Gasteiger partial charge in [-0.1, -0.05) is 12.1 Å². The molecular weight excluding hydrogens is 538 g/mol. The molecule has 3 amide bonds. The van der Waals surface area contributed by atoms with E-state index in [0.29, 0.717) is 67.8 Å². The Hall–Kier alpha value is -4.53. The Morgan fingerprint density at radius 1 is 1.00 bits per heavy atom. The zero-order valence-electron chi connectivity index (χ0n) is 24.1. The lowest BCUT2D eigenvalue weighted by atomic mass is 10.1. The van der Waals surface area contributed by atoms with Gasteiger partial charge in [-0.3, -0.25) is 9.69 Å². The highest BCUT2D eigenvalue weighted by molar-refractivity contribution is 5.92. The third-order valence-corrected chi connectivity index (χ3v) is 7.04. The fourth-order valence-corrected chi connectivity index (χ4v) is 4.65. The number of nitrogens with one attached hydrogen (secondary N) is 1. The fourth-order valence-electron chi connectivity index (χ4n) is 4.65. The van der Waals surface area contributed by atoms with Gasteiger partial charge in [0.05, 0.1) is 51.9 Å². The molecular formula is C31H37N5O6. The van der Waals surface area contributed by atoms with Crippen molar-refractivity contribution in [2.24, 2.45) is 0 Å². The molecule has 0 bridgehead atoms. The van der Waals surface area contributed by atoms with Crippen molar-refractivity contribution in [3.05, 3.63) is 77.7 Å². The summed E-state index contributed by atoms with van der Waals surface area (Å²) in [5, 5.41) is 12.1. The summed E-state index contributed by atoms with van der Waals surface area (Å²) in [4.78, 5) is 32.6. The summed E-state index contributed by atoms with van der Waals surface area (Å²) in [6, 6.07) is 17.6. The molecule has 0 atom stereocenters. The van der Waals surface area contributed by atoms with Gasteiger partial charge >= 0.3 is 6.03 Å². The number of rotatable bonds is 13. The molecule has 0 unspecified atom stereocenters. The molecule has 42 heavy (non-hydrogen) atoms. The SMILES string of the molecule is COc1ccc(CCN(Cc2ccco2)C(=O)CN(CCN2CCOCC2)C(=O)Nc2cccc(C#N)c2)cc1OC. The first-order valence-corrected chi connectivity index (χ1v) is 13.9. The van der Waals surface area contributed by atoms with Crippen LogP contribution in [0.2, 0.25) is 0 Å². The minimum absolute atomic E-state index is 0.124. The topological polar surface area (TPSA) is 121 Å². The van der Waals surface area contributed by atoms with Crippen molar-refractivity contribution in [3.8, 4) is 17.6 Å². The van der Waals surface area contributed by atoms with Crippen molar-refractivity contribution in [1.82, 2.24) is 14.7 Å². The second-order valence-corrected chi connectivity index (χ2v) is 9.83. The molecule has 222 valence electrons. The number of morpholine rings is 1. The zero-order valence-corrected chi connectivity index (χ0v) is 24.1. The van der Waals surface area contributed by atoms with Crippen LogP contribution in [0.4, 0.5) is 10.5 Å². The van der Waals surface area contributed by atoms with Gasteiger partial charge in [-0.05, 0) is 54.4 Å².